The molecule has 2 aliphatic rings. The summed E-state index contributed by atoms with van der Waals surface area (Å²) < 4.78 is 0. The lowest BCUT2D eigenvalue weighted by Gasteiger charge is -2.36. The molecule has 65 heavy (non-hydrogen) atoms. The van der Waals surface area contributed by atoms with Crippen molar-refractivity contribution in [3.8, 4) is 22.3 Å². The Hall–Kier alpha value is -6.64. The van der Waals surface area contributed by atoms with Crippen LogP contribution in [-0.2, 0) is 23.7 Å². The first kappa shape index (κ1) is 42.3. The molecule has 0 radical (unpaired) electrons. The Kier molecular flexibility index (Phi) is 11.3. The number of aryl methyl sites for hydroxylation is 4. The first-order valence-corrected chi connectivity index (χ1v) is 24.0. The highest BCUT2D eigenvalue weighted by Gasteiger charge is 2.45. The SMILES string of the molecule is CCCCCCC1(c2ccc(-c3ccc4c(c3)CC4)cc2)c2cc(N(c3ccccc3)c3ccccc3)ccc2-c2ccc(N(c3ccccc3)c3c(C)cc(C(C)(C)C)cc3C)cc21. The Morgan fingerprint density at radius 3 is 1.46 bits per heavy atom. The van der Waals surface area contributed by atoms with Gasteiger partial charge in [0.1, 0.15) is 0 Å². The fourth-order valence-corrected chi connectivity index (χ4v) is 10.9. The highest BCUT2D eigenvalue weighted by Crippen LogP contribution is 2.58. The van der Waals surface area contributed by atoms with E-state index in [0.29, 0.717) is 0 Å². The molecule has 0 saturated carbocycles. The van der Waals surface area contributed by atoms with Crippen LogP contribution in [0.2, 0.25) is 0 Å². The summed E-state index contributed by atoms with van der Waals surface area (Å²) in [6, 6.07) is 69.0. The highest BCUT2D eigenvalue weighted by atomic mass is 15.2. The maximum Gasteiger partial charge on any atom is 0.0520 e. The average molecular weight is 847 g/mol. The van der Waals surface area contributed by atoms with Gasteiger partial charge in [0.2, 0.25) is 0 Å². The monoisotopic (exact) mass is 846 g/mol. The summed E-state index contributed by atoms with van der Waals surface area (Å²) in [5.41, 5.74) is 23.0. The number of benzene rings is 8. The van der Waals surface area contributed by atoms with Gasteiger partial charge < -0.3 is 9.80 Å². The second kappa shape index (κ2) is 17.4. The van der Waals surface area contributed by atoms with Gasteiger partial charge in [-0.2, -0.15) is 0 Å². The van der Waals surface area contributed by atoms with Crippen LogP contribution in [0.25, 0.3) is 22.3 Å². The second-order valence-electron chi connectivity index (χ2n) is 19.6. The molecule has 0 fully saturated rings. The van der Waals surface area contributed by atoms with Gasteiger partial charge in [0.05, 0.1) is 5.69 Å². The minimum atomic E-state index is -0.398. The lowest BCUT2D eigenvalue weighted by atomic mass is 9.68. The number of fused-ring (bicyclic) bond motifs is 4. The smallest absolute Gasteiger partial charge is 0.0520 e. The van der Waals surface area contributed by atoms with Gasteiger partial charge in [0.25, 0.3) is 0 Å². The number of hydrogen-bond acceptors (Lipinski definition) is 2. The quantitative estimate of drug-likeness (QED) is 0.107. The van der Waals surface area contributed by atoms with E-state index in [9.17, 15) is 0 Å². The van der Waals surface area contributed by atoms with E-state index >= 15 is 0 Å². The Balaban J connectivity index is 1.21. The largest absolute Gasteiger partial charge is 0.310 e. The van der Waals surface area contributed by atoms with Crippen LogP contribution in [0.4, 0.5) is 34.1 Å². The summed E-state index contributed by atoms with van der Waals surface area (Å²) in [6.45, 7) is 13.9. The molecular weight excluding hydrogens is 785 g/mol. The van der Waals surface area contributed by atoms with Crippen molar-refractivity contribution < 1.29 is 0 Å². The first-order chi connectivity index (χ1) is 31.6. The molecule has 2 aliphatic carbocycles. The summed E-state index contributed by atoms with van der Waals surface area (Å²) in [7, 11) is 0. The zero-order chi connectivity index (χ0) is 44.7. The molecule has 0 N–H and O–H groups in total. The van der Waals surface area contributed by atoms with Crippen molar-refractivity contribution in [3.63, 3.8) is 0 Å². The Bertz CT molecular complexity index is 2900. The number of anilines is 6. The van der Waals surface area contributed by atoms with E-state index in [1.165, 1.54) is 116 Å². The van der Waals surface area contributed by atoms with E-state index in [2.05, 4.69) is 233 Å². The maximum absolute atomic E-state index is 2.56. The van der Waals surface area contributed by atoms with Crippen LogP contribution in [0.1, 0.15) is 104 Å². The zero-order valence-corrected chi connectivity index (χ0v) is 39.2. The van der Waals surface area contributed by atoms with Gasteiger partial charge >= 0.3 is 0 Å². The van der Waals surface area contributed by atoms with Gasteiger partial charge in [-0.05, 0) is 166 Å². The van der Waals surface area contributed by atoms with Gasteiger partial charge in [-0.1, -0.05) is 175 Å². The molecule has 0 bridgehead atoms. The van der Waals surface area contributed by atoms with E-state index in [-0.39, 0.29) is 5.41 Å². The van der Waals surface area contributed by atoms with E-state index in [1.54, 1.807) is 0 Å². The van der Waals surface area contributed by atoms with Crippen LogP contribution in [0.5, 0.6) is 0 Å². The third-order valence-corrected chi connectivity index (χ3v) is 14.3. The molecule has 0 heterocycles. The fraction of sp³-hybridized carbons (Fsp3) is 0.238. The van der Waals surface area contributed by atoms with Crippen LogP contribution < -0.4 is 9.80 Å². The molecule has 8 aromatic rings. The molecule has 0 aliphatic heterocycles. The van der Waals surface area contributed by atoms with Gasteiger partial charge in [-0.3, -0.25) is 0 Å². The molecular formula is C63H62N2. The standard InChI is InChI=1S/C63H62N2/c1-7-8-9-19-38-63(50-32-30-47(31-33-50)49-29-27-46-26-28-48(46)41-49)59-42-55(64(52-20-13-10-14-21-52)53-22-15-11-16-23-53)34-36-57(59)58-37-35-56(43-60(58)63)65(54-24-17-12-18-25-54)61-44(2)39-51(40-45(61)3)62(4,5)6/h10-18,20-25,27,29-37,39-43H,7-9,19,26,28,38H2,1-6H3. The molecule has 0 amide bonds. The van der Waals surface area contributed by atoms with Gasteiger partial charge in [-0.25, -0.2) is 0 Å². The van der Waals surface area contributed by atoms with E-state index < -0.39 is 5.41 Å². The molecule has 0 aromatic heterocycles. The molecule has 0 spiro atoms. The molecule has 0 saturated heterocycles. The Morgan fingerprint density at radius 1 is 0.462 bits per heavy atom. The van der Waals surface area contributed by atoms with E-state index in [0.717, 1.165) is 29.9 Å². The van der Waals surface area contributed by atoms with Crippen molar-refractivity contribution in [1.82, 2.24) is 0 Å². The second-order valence-corrected chi connectivity index (χ2v) is 19.6. The van der Waals surface area contributed by atoms with Gasteiger partial charge in [-0.15, -0.1) is 0 Å². The molecule has 1 atom stereocenters. The molecule has 2 heteroatoms. The van der Waals surface area contributed by atoms with Crippen molar-refractivity contribution in [2.75, 3.05) is 9.80 Å². The lowest BCUT2D eigenvalue weighted by molar-refractivity contribution is 0.516. The Labute approximate surface area is 388 Å². The predicted molar refractivity (Wildman–Crippen MR) is 277 cm³/mol. The van der Waals surface area contributed by atoms with Crippen LogP contribution in [0.3, 0.4) is 0 Å². The molecule has 324 valence electrons. The molecule has 2 nitrogen and oxygen atoms in total. The van der Waals surface area contributed by atoms with Crippen LogP contribution >= 0.6 is 0 Å². The van der Waals surface area contributed by atoms with Crippen molar-refractivity contribution >= 4 is 34.1 Å². The lowest BCUT2D eigenvalue weighted by Crippen LogP contribution is -2.28. The van der Waals surface area contributed by atoms with E-state index in [1.807, 2.05) is 0 Å². The summed E-state index contributed by atoms with van der Waals surface area (Å²) in [5, 5.41) is 0. The number of nitrogens with zero attached hydrogens (tertiary/aromatic N) is 2. The molecule has 8 aromatic carbocycles. The first-order valence-electron chi connectivity index (χ1n) is 24.0. The number of para-hydroxylation sites is 3. The number of unbranched alkanes of at least 4 members (excludes halogenated alkanes) is 3. The van der Waals surface area contributed by atoms with Crippen molar-refractivity contribution in [1.29, 1.82) is 0 Å². The zero-order valence-electron chi connectivity index (χ0n) is 39.2. The normalized spacial score (nSPS) is 14.9. The minimum absolute atomic E-state index is 0.0502. The minimum Gasteiger partial charge on any atom is -0.310 e. The summed E-state index contributed by atoms with van der Waals surface area (Å²) in [5.74, 6) is 0. The number of hydrogen-bond donors (Lipinski definition) is 0. The predicted octanol–water partition coefficient (Wildman–Crippen LogP) is 17.6. The molecule has 10 rings (SSSR count). The van der Waals surface area contributed by atoms with Crippen molar-refractivity contribution in [2.24, 2.45) is 0 Å². The summed E-state index contributed by atoms with van der Waals surface area (Å²) in [4.78, 5) is 4.95. The van der Waals surface area contributed by atoms with Crippen LogP contribution in [-0.4, -0.2) is 0 Å². The Morgan fingerprint density at radius 2 is 0.969 bits per heavy atom. The summed E-state index contributed by atoms with van der Waals surface area (Å²) in [6.07, 6.45) is 8.15. The van der Waals surface area contributed by atoms with E-state index in [4.69, 9.17) is 0 Å². The number of rotatable bonds is 13. The van der Waals surface area contributed by atoms with Crippen molar-refractivity contribution in [3.05, 3.63) is 226 Å². The van der Waals surface area contributed by atoms with Crippen LogP contribution in [0, 0.1) is 13.8 Å². The molecule has 1 unspecified atom stereocenters. The third-order valence-electron chi connectivity index (χ3n) is 14.3. The topological polar surface area (TPSA) is 6.48 Å². The highest BCUT2D eigenvalue weighted by molar-refractivity contribution is 5.91. The third kappa shape index (κ3) is 7.78. The summed E-state index contributed by atoms with van der Waals surface area (Å²) >= 11 is 0. The van der Waals surface area contributed by atoms with Gasteiger partial charge in [0.15, 0.2) is 0 Å². The van der Waals surface area contributed by atoms with Gasteiger partial charge in [0, 0.05) is 33.9 Å². The average Bonchev–Trinajstić information content (AvgIpc) is 3.59. The maximum atomic E-state index is 2.56. The van der Waals surface area contributed by atoms with Crippen molar-refractivity contribution in [2.45, 2.75) is 97.3 Å². The van der Waals surface area contributed by atoms with Crippen LogP contribution in [0.15, 0.2) is 182 Å². The fourth-order valence-electron chi connectivity index (χ4n) is 10.9.